The van der Waals surface area contributed by atoms with E-state index in [9.17, 15) is 14.4 Å². The molecule has 0 saturated carbocycles. The third kappa shape index (κ3) is 2.72. The summed E-state index contributed by atoms with van der Waals surface area (Å²) in [5.74, 6) is -1.52. The lowest BCUT2D eigenvalue weighted by Crippen LogP contribution is -2.45. The van der Waals surface area contributed by atoms with Crippen molar-refractivity contribution in [1.82, 2.24) is 10.6 Å². The van der Waals surface area contributed by atoms with E-state index in [1.807, 2.05) is 42.5 Å². The van der Waals surface area contributed by atoms with Gasteiger partial charge in [0, 0.05) is 0 Å². The van der Waals surface area contributed by atoms with Gasteiger partial charge in [-0.05, 0) is 12.0 Å². The molecule has 108 valence electrons. The van der Waals surface area contributed by atoms with Gasteiger partial charge in [-0.15, -0.1) is 0 Å². The second kappa shape index (κ2) is 5.52. The molecule has 21 heavy (non-hydrogen) atoms. The minimum atomic E-state index is -0.484. The molecule has 1 heterocycles. The zero-order valence-corrected chi connectivity index (χ0v) is 11.4. The lowest BCUT2D eigenvalue weighted by molar-refractivity contribution is -0.126. The summed E-state index contributed by atoms with van der Waals surface area (Å²) in [6.45, 7) is 0. The quantitative estimate of drug-likeness (QED) is 0.629. The van der Waals surface area contributed by atoms with Crippen LogP contribution in [-0.2, 0) is 20.8 Å². The number of carbonyl (C=O) groups is 3. The van der Waals surface area contributed by atoms with Gasteiger partial charge in [-0.2, -0.15) is 0 Å². The Morgan fingerprint density at radius 2 is 1.95 bits per heavy atom. The number of amides is 3. The maximum Gasteiger partial charge on any atom is 0.232 e. The van der Waals surface area contributed by atoms with Gasteiger partial charge in [-0.25, -0.2) is 0 Å². The van der Waals surface area contributed by atoms with Crippen molar-refractivity contribution >= 4 is 17.7 Å². The summed E-state index contributed by atoms with van der Waals surface area (Å²) in [5, 5.41) is 5.19. The minimum absolute atomic E-state index is 0.149. The van der Waals surface area contributed by atoms with Gasteiger partial charge in [0.05, 0.1) is 24.3 Å². The van der Waals surface area contributed by atoms with Crippen molar-refractivity contribution in [3.63, 3.8) is 0 Å². The van der Waals surface area contributed by atoms with Crippen LogP contribution in [0.2, 0.25) is 0 Å². The van der Waals surface area contributed by atoms with Crippen LogP contribution in [0.25, 0.3) is 0 Å². The van der Waals surface area contributed by atoms with E-state index >= 15 is 0 Å². The van der Waals surface area contributed by atoms with Crippen LogP contribution in [0.15, 0.2) is 42.5 Å². The van der Waals surface area contributed by atoms with Crippen LogP contribution in [0.3, 0.4) is 0 Å². The third-order valence-corrected chi connectivity index (χ3v) is 3.97. The monoisotopic (exact) mass is 284 g/mol. The number of benzene rings is 1. The molecule has 3 amide bonds. The fourth-order valence-corrected chi connectivity index (χ4v) is 2.96. The molecule has 0 radical (unpaired) electrons. The fourth-order valence-electron chi connectivity index (χ4n) is 2.96. The maximum atomic E-state index is 12.1. The molecule has 1 aromatic carbocycles. The lowest BCUT2D eigenvalue weighted by atomic mass is 9.81. The zero-order valence-electron chi connectivity index (χ0n) is 11.4. The van der Waals surface area contributed by atoms with E-state index in [4.69, 9.17) is 0 Å². The average molecular weight is 284 g/mol. The van der Waals surface area contributed by atoms with Crippen molar-refractivity contribution in [1.29, 1.82) is 0 Å². The molecule has 0 aromatic heterocycles. The first kappa shape index (κ1) is 13.5. The predicted molar refractivity (Wildman–Crippen MR) is 76.0 cm³/mol. The van der Waals surface area contributed by atoms with Crippen LogP contribution in [0.1, 0.15) is 12.0 Å². The first-order valence-corrected chi connectivity index (χ1v) is 7.00. The summed E-state index contributed by atoms with van der Waals surface area (Å²) in [6.07, 6.45) is 4.47. The van der Waals surface area contributed by atoms with Crippen LogP contribution in [-0.4, -0.2) is 23.8 Å². The number of rotatable bonds is 3. The number of carbonyl (C=O) groups excluding carboxylic acids is 3. The highest BCUT2D eigenvalue weighted by Gasteiger charge is 2.46. The molecule has 3 rings (SSSR count). The van der Waals surface area contributed by atoms with Crippen molar-refractivity contribution < 1.29 is 14.4 Å². The Hall–Kier alpha value is -2.43. The Bertz CT molecular complexity index is 609. The standard InChI is InChI=1S/C16H16N2O3/c19-13(9-10-5-2-1-3-6-10)17-12-8-4-7-11-14(12)16(21)18-15(11)20/h1-6,8,11-12,14H,7,9H2,(H,17,19)(H,18,20,21). The van der Waals surface area contributed by atoms with E-state index in [0.717, 1.165) is 5.56 Å². The summed E-state index contributed by atoms with van der Waals surface area (Å²) in [5.41, 5.74) is 0.915. The van der Waals surface area contributed by atoms with Crippen molar-refractivity contribution in [3.8, 4) is 0 Å². The summed E-state index contributed by atoms with van der Waals surface area (Å²) in [6, 6.07) is 9.00. The van der Waals surface area contributed by atoms with Crippen molar-refractivity contribution in [2.24, 2.45) is 11.8 Å². The molecule has 1 saturated heterocycles. The van der Waals surface area contributed by atoms with Gasteiger partial charge in [-0.1, -0.05) is 42.5 Å². The average Bonchev–Trinajstić information content (AvgIpc) is 2.76. The summed E-state index contributed by atoms with van der Waals surface area (Å²) < 4.78 is 0. The molecule has 1 aliphatic carbocycles. The molecule has 1 aromatic rings. The Morgan fingerprint density at radius 3 is 2.71 bits per heavy atom. The van der Waals surface area contributed by atoms with E-state index in [1.165, 1.54) is 0 Å². The van der Waals surface area contributed by atoms with E-state index in [-0.39, 0.29) is 30.1 Å². The van der Waals surface area contributed by atoms with Crippen LogP contribution in [0.4, 0.5) is 0 Å². The van der Waals surface area contributed by atoms with Crippen LogP contribution in [0, 0.1) is 11.8 Å². The van der Waals surface area contributed by atoms with Gasteiger partial charge in [0.15, 0.2) is 0 Å². The molecule has 1 fully saturated rings. The molecule has 5 heteroatoms. The van der Waals surface area contributed by atoms with Crippen molar-refractivity contribution in [2.75, 3.05) is 0 Å². The van der Waals surface area contributed by atoms with Crippen molar-refractivity contribution in [2.45, 2.75) is 18.9 Å². The van der Waals surface area contributed by atoms with E-state index < -0.39 is 12.0 Å². The Balaban J connectivity index is 1.68. The Morgan fingerprint density at radius 1 is 1.19 bits per heavy atom. The van der Waals surface area contributed by atoms with Gasteiger partial charge in [0.25, 0.3) is 0 Å². The normalized spacial score (nSPS) is 27.1. The summed E-state index contributed by atoms with van der Waals surface area (Å²) in [7, 11) is 0. The molecule has 3 atom stereocenters. The van der Waals surface area contributed by atoms with Gasteiger partial charge < -0.3 is 5.32 Å². The first-order valence-electron chi connectivity index (χ1n) is 7.00. The van der Waals surface area contributed by atoms with Gasteiger partial charge in [-0.3, -0.25) is 19.7 Å². The number of hydrogen-bond donors (Lipinski definition) is 2. The van der Waals surface area contributed by atoms with Gasteiger partial charge in [0.1, 0.15) is 0 Å². The van der Waals surface area contributed by atoms with E-state index in [1.54, 1.807) is 0 Å². The molecule has 0 spiro atoms. The fraction of sp³-hybridized carbons (Fsp3) is 0.312. The SMILES string of the molecule is O=C(Cc1ccccc1)NC1C=CCC2C(=O)NC(=O)C12. The van der Waals surface area contributed by atoms with Crippen LogP contribution in [0.5, 0.6) is 0 Å². The topological polar surface area (TPSA) is 75.3 Å². The zero-order chi connectivity index (χ0) is 14.8. The second-order valence-corrected chi connectivity index (χ2v) is 5.41. The van der Waals surface area contributed by atoms with Crippen LogP contribution < -0.4 is 10.6 Å². The van der Waals surface area contributed by atoms with Crippen molar-refractivity contribution in [3.05, 3.63) is 48.0 Å². The van der Waals surface area contributed by atoms with Gasteiger partial charge in [0.2, 0.25) is 17.7 Å². The molecular formula is C16H16N2O3. The predicted octanol–water partition coefficient (Wildman–Crippen LogP) is 0.563. The molecular weight excluding hydrogens is 268 g/mol. The number of imide groups is 1. The van der Waals surface area contributed by atoms with E-state index in [0.29, 0.717) is 6.42 Å². The van der Waals surface area contributed by atoms with Gasteiger partial charge >= 0.3 is 0 Å². The number of allylic oxidation sites excluding steroid dienone is 1. The summed E-state index contributed by atoms with van der Waals surface area (Å²) in [4.78, 5) is 35.6. The smallest absolute Gasteiger partial charge is 0.232 e. The molecule has 3 unspecified atom stereocenters. The maximum absolute atomic E-state index is 12.1. The third-order valence-electron chi connectivity index (χ3n) is 3.97. The molecule has 2 N–H and O–H groups in total. The highest BCUT2D eigenvalue weighted by Crippen LogP contribution is 2.30. The number of hydrogen-bond acceptors (Lipinski definition) is 3. The Labute approximate surface area is 122 Å². The second-order valence-electron chi connectivity index (χ2n) is 5.41. The number of nitrogens with one attached hydrogen (secondary N) is 2. The highest BCUT2D eigenvalue weighted by molar-refractivity contribution is 6.06. The van der Waals surface area contributed by atoms with E-state index in [2.05, 4.69) is 10.6 Å². The molecule has 2 aliphatic rings. The highest BCUT2D eigenvalue weighted by atomic mass is 16.2. The van der Waals surface area contributed by atoms with Crippen LogP contribution >= 0.6 is 0 Å². The molecule has 0 bridgehead atoms. The molecule has 5 nitrogen and oxygen atoms in total. The molecule has 1 aliphatic heterocycles. The minimum Gasteiger partial charge on any atom is -0.349 e. The largest absolute Gasteiger partial charge is 0.349 e. The first-order chi connectivity index (χ1) is 10.1. The summed E-state index contributed by atoms with van der Waals surface area (Å²) >= 11 is 0. The lowest BCUT2D eigenvalue weighted by Gasteiger charge is -2.26. The number of fused-ring (bicyclic) bond motifs is 1. The Kier molecular flexibility index (Phi) is 3.56.